The summed E-state index contributed by atoms with van der Waals surface area (Å²) in [7, 11) is 3.61. The lowest BCUT2D eigenvalue weighted by Crippen LogP contribution is -2.17. The molecule has 1 aromatic carbocycles. The first-order chi connectivity index (χ1) is 7.80. The maximum absolute atomic E-state index is 12.4. The highest BCUT2D eigenvalue weighted by Crippen LogP contribution is 2.29. The molecule has 0 fully saturated rings. The Bertz CT molecular complexity index is 405. The molecule has 18 heavy (non-hydrogen) atoms. The van der Waals surface area contributed by atoms with E-state index in [1.165, 1.54) is 12.1 Å². The minimum Gasteiger partial charge on any atom is -0.309 e. The lowest BCUT2D eigenvalue weighted by molar-refractivity contribution is -0.137. The zero-order valence-electron chi connectivity index (χ0n) is 10.1. The maximum atomic E-state index is 12.4. The summed E-state index contributed by atoms with van der Waals surface area (Å²) in [6.45, 7) is 0.523. The third-order valence-corrected chi connectivity index (χ3v) is 2.30. The monoisotopic (exact) mass is 373 g/mol. The van der Waals surface area contributed by atoms with Crippen LogP contribution < -0.4 is 0 Å². The van der Waals surface area contributed by atoms with E-state index in [4.69, 9.17) is 0 Å². The number of ketones is 1. The lowest BCUT2D eigenvalue weighted by atomic mass is 10.0. The molecule has 102 valence electrons. The lowest BCUT2D eigenvalue weighted by Gasteiger charge is -2.10. The zero-order chi connectivity index (χ0) is 13.1. The predicted molar refractivity (Wildman–Crippen MR) is 74.4 cm³/mol. The van der Waals surface area contributed by atoms with Crippen molar-refractivity contribution in [2.24, 2.45) is 0 Å². The van der Waals surface area contributed by atoms with Crippen molar-refractivity contribution in [2.75, 3.05) is 20.6 Å². The smallest absolute Gasteiger partial charge is 0.309 e. The van der Waals surface area contributed by atoms with Crippen LogP contribution in [0.4, 0.5) is 13.2 Å². The van der Waals surface area contributed by atoms with E-state index in [1.807, 2.05) is 4.90 Å². The quantitative estimate of drug-likeness (QED) is 0.595. The third kappa shape index (κ3) is 5.34. The largest absolute Gasteiger partial charge is 0.416 e. The summed E-state index contributed by atoms with van der Waals surface area (Å²) in [6, 6.07) is 4.53. The van der Waals surface area contributed by atoms with Gasteiger partial charge in [-0.3, -0.25) is 4.79 Å². The predicted octanol–water partition coefficient (Wildman–Crippen LogP) is 3.46. The Morgan fingerprint density at radius 1 is 1.28 bits per heavy atom. The summed E-state index contributed by atoms with van der Waals surface area (Å²) in [5.74, 6) is -0.273. The molecule has 0 bridgehead atoms. The van der Waals surface area contributed by atoms with Crippen LogP contribution in [0, 0.1) is 0 Å². The Hall–Kier alpha value is -0.630. The number of carbonyl (C=O) groups is 1. The minimum atomic E-state index is -4.40. The molecule has 0 radical (unpaired) electrons. The van der Waals surface area contributed by atoms with Crippen LogP contribution in [0.3, 0.4) is 0 Å². The minimum absolute atomic E-state index is 0. The molecule has 1 rings (SSSR count). The summed E-state index contributed by atoms with van der Waals surface area (Å²) in [6.07, 6.45) is -4.19. The fraction of sp³-hybridized carbons (Fsp3) is 0.417. The van der Waals surface area contributed by atoms with E-state index in [0.29, 0.717) is 6.54 Å². The molecule has 0 saturated carbocycles. The van der Waals surface area contributed by atoms with E-state index in [1.54, 1.807) is 14.1 Å². The van der Waals surface area contributed by atoms with Gasteiger partial charge < -0.3 is 4.90 Å². The number of nitrogens with zero attached hydrogens (tertiary/aromatic N) is 1. The van der Waals surface area contributed by atoms with Gasteiger partial charge in [0.2, 0.25) is 0 Å². The first-order valence-corrected chi connectivity index (χ1v) is 5.16. The van der Waals surface area contributed by atoms with Gasteiger partial charge >= 0.3 is 6.18 Å². The molecule has 0 saturated heterocycles. The van der Waals surface area contributed by atoms with Gasteiger partial charge in [-0.15, -0.1) is 24.0 Å². The highest BCUT2D eigenvalue weighted by atomic mass is 127. The second-order valence-corrected chi connectivity index (χ2v) is 4.06. The van der Waals surface area contributed by atoms with Crippen molar-refractivity contribution in [2.45, 2.75) is 12.6 Å². The van der Waals surface area contributed by atoms with Crippen LogP contribution in [0.15, 0.2) is 24.3 Å². The topological polar surface area (TPSA) is 20.3 Å². The highest BCUT2D eigenvalue weighted by Gasteiger charge is 2.30. The third-order valence-electron chi connectivity index (χ3n) is 2.30. The number of hydrogen-bond acceptors (Lipinski definition) is 2. The molecule has 0 aliphatic carbocycles. The van der Waals surface area contributed by atoms with Crippen molar-refractivity contribution < 1.29 is 18.0 Å². The van der Waals surface area contributed by atoms with Crippen molar-refractivity contribution in [3.8, 4) is 0 Å². The Kier molecular flexibility index (Phi) is 6.83. The van der Waals surface area contributed by atoms with Gasteiger partial charge in [0.15, 0.2) is 5.78 Å². The molecule has 1 aromatic rings. The molecule has 0 amide bonds. The van der Waals surface area contributed by atoms with E-state index in [2.05, 4.69) is 0 Å². The molecule has 0 aliphatic rings. The molecule has 0 aliphatic heterocycles. The van der Waals surface area contributed by atoms with Crippen molar-refractivity contribution in [3.63, 3.8) is 0 Å². The number of halogens is 4. The van der Waals surface area contributed by atoms with Crippen molar-refractivity contribution in [1.82, 2.24) is 4.90 Å². The summed E-state index contributed by atoms with van der Waals surface area (Å²) in [5, 5.41) is 0. The van der Waals surface area contributed by atoms with Crippen LogP contribution in [0.1, 0.15) is 22.3 Å². The standard InChI is InChI=1S/C12H14F3NO.HI/c1-16(2)7-6-11(17)9-4-3-5-10(8-9)12(13,14)15;/h3-5,8H,6-7H2,1-2H3;1H. The van der Waals surface area contributed by atoms with Crippen LogP contribution >= 0.6 is 24.0 Å². The Labute approximate surface area is 121 Å². The Morgan fingerprint density at radius 2 is 1.89 bits per heavy atom. The molecule has 2 nitrogen and oxygen atoms in total. The molecule has 0 spiro atoms. The maximum Gasteiger partial charge on any atom is 0.416 e. The fourth-order valence-corrected chi connectivity index (χ4v) is 1.34. The van der Waals surface area contributed by atoms with Crippen LogP contribution in [-0.2, 0) is 6.18 Å². The SMILES string of the molecule is CN(C)CCC(=O)c1cccc(C(F)(F)F)c1.I. The molecule has 0 heterocycles. The fourth-order valence-electron chi connectivity index (χ4n) is 1.34. The van der Waals surface area contributed by atoms with Crippen LogP contribution in [0.25, 0.3) is 0 Å². The molecule has 0 atom stereocenters. The number of hydrogen-bond donors (Lipinski definition) is 0. The molecular weight excluding hydrogens is 358 g/mol. The van der Waals surface area contributed by atoms with Crippen LogP contribution in [0.5, 0.6) is 0 Å². The van der Waals surface area contributed by atoms with Crippen molar-refractivity contribution in [1.29, 1.82) is 0 Å². The highest BCUT2D eigenvalue weighted by molar-refractivity contribution is 14.0. The number of rotatable bonds is 4. The summed E-state index contributed by atoms with van der Waals surface area (Å²) in [4.78, 5) is 13.4. The van der Waals surface area contributed by atoms with Gasteiger partial charge in [-0.05, 0) is 26.2 Å². The van der Waals surface area contributed by atoms with Gasteiger partial charge in [0.25, 0.3) is 0 Å². The van der Waals surface area contributed by atoms with Gasteiger partial charge in [-0.25, -0.2) is 0 Å². The van der Waals surface area contributed by atoms with Crippen molar-refractivity contribution >= 4 is 29.8 Å². The molecule has 6 heteroatoms. The molecule has 0 N–H and O–H groups in total. The average Bonchev–Trinajstić information content (AvgIpc) is 2.25. The van der Waals surface area contributed by atoms with Crippen LogP contribution in [-0.4, -0.2) is 31.3 Å². The second kappa shape index (κ2) is 7.08. The van der Waals surface area contributed by atoms with E-state index in [0.717, 1.165) is 12.1 Å². The van der Waals surface area contributed by atoms with Crippen LogP contribution in [0.2, 0.25) is 0 Å². The van der Waals surface area contributed by atoms with Gasteiger partial charge in [-0.2, -0.15) is 13.2 Å². The van der Waals surface area contributed by atoms with Gasteiger partial charge in [0, 0.05) is 18.5 Å². The summed E-state index contributed by atoms with van der Waals surface area (Å²) >= 11 is 0. The molecule has 0 aromatic heterocycles. The number of carbonyl (C=O) groups excluding carboxylic acids is 1. The number of Topliss-reactive ketones (excluding diaryl/α,β-unsaturated/α-hetero) is 1. The Morgan fingerprint density at radius 3 is 2.39 bits per heavy atom. The van der Waals surface area contributed by atoms with E-state index in [-0.39, 0.29) is 41.7 Å². The van der Waals surface area contributed by atoms with Gasteiger partial charge in [0.1, 0.15) is 0 Å². The zero-order valence-corrected chi connectivity index (χ0v) is 12.5. The number of benzene rings is 1. The van der Waals surface area contributed by atoms with E-state index < -0.39 is 11.7 Å². The molecule has 0 unspecified atom stereocenters. The second-order valence-electron chi connectivity index (χ2n) is 4.06. The van der Waals surface area contributed by atoms with Gasteiger partial charge in [-0.1, -0.05) is 12.1 Å². The first-order valence-electron chi connectivity index (χ1n) is 5.16. The van der Waals surface area contributed by atoms with E-state index >= 15 is 0 Å². The first kappa shape index (κ1) is 17.4. The summed E-state index contributed by atoms with van der Waals surface area (Å²) < 4.78 is 37.3. The Balaban J connectivity index is 0.00000289. The normalized spacial score (nSPS) is 11.2. The molecular formula is C12H15F3INO. The average molecular weight is 373 g/mol. The van der Waals surface area contributed by atoms with Crippen molar-refractivity contribution in [3.05, 3.63) is 35.4 Å². The van der Waals surface area contributed by atoms with Gasteiger partial charge in [0.05, 0.1) is 5.56 Å². The van der Waals surface area contributed by atoms with E-state index in [9.17, 15) is 18.0 Å². The summed E-state index contributed by atoms with van der Waals surface area (Å²) in [5.41, 5.74) is -0.671. The number of alkyl halides is 3.